The Morgan fingerprint density at radius 3 is 2.47 bits per heavy atom. The molecule has 2 aromatic heterocycles. The highest BCUT2D eigenvalue weighted by atomic mass is 16.2. The van der Waals surface area contributed by atoms with E-state index in [2.05, 4.69) is 54.3 Å². The molecule has 0 unspecified atom stereocenters. The zero-order valence-electron chi connectivity index (χ0n) is 17.9. The summed E-state index contributed by atoms with van der Waals surface area (Å²) in [6.45, 7) is 5.85. The highest BCUT2D eigenvalue weighted by molar-refractivity contribution is 5.95. The third-order valence-electron chi connectivity index (χ3n) is 6.04. The van der Waals surface area contributed by atoms with Crippen molar-refractivity contribution in [1.29, 1.82) is 0 Å². The summed E-state index contributed by atoms with van der Waals surface area (Å²) >= 11 is 0. The van der Waals surface area contributed by atoms with Crippen molar-refractivity contribution in [3.8, 4) is 5.82 Å². The number of carbonyl (C=O) groups excluding carboxylic acids is 1. The smallest absolute Gasteiger partial charge is 0.257 e. The molecule has 5 nitrogen and oxygen atoms in total. The van der Waals surface area contributed by atoms with Crippen molar-refractivity contribution in [1.82, 2.24) is 19.7 Å². The first-order chi connectivity index (χ1) is 14.6. The number of carbonyl (C=O) groups is 1. The SMILES string of the molecule is CC(C)c1c(C(=O)N2CCC(CCc3ccccc3)CC2)cnn1-c1ccccn1. The van der Waals surface area contributed by atoms with E-state index in [1.165, 1.54) is 12.0 Å². The van der Waals surface area contributed by atoms with Crippen molar-refractivity contribution in [2.45, 2.75) is 45.4 Å². The van der Waals surface area contributed by atoms with Gasteiger partial charge in [0, 0.05) is 19.3 Å². The summed E-state index contributed by atoms with van der Waals surface area (Å²) in [4.78, 5) is 19.7. The van der Waals surface area contributed by atoms with Gasteiger partial charge in [0.2, 0.25) is 0 Å². The van der Waals surface area contributed by atoms with Crippen LogP contribution in [-0.2, 0) is 6.42 Å². The van der Waals surface area contributed by atoms with E-state index >= 15 is 0 Å². The van der Waals surface area contributed by atoms with E-state index in [1.54, 1.807) is 12.4 Å². The van der Waals surface area contributed by atoms with Gasteiger partial charge in [-0.3, -0.25) is 4.79 Å². The Hall–Kier alpha value is -2.95. The lowest BCUT2D eigenvalue weighted by molar-refractivity contribution is 0.0685. The van der Waals surface area contributed by atoms with Crippen molar-refractivity contribution < 1.29 is 4.79 Å². The van der Waals surface area contributed by atoms with Gasteiger partial charge in [0.1, 0.15) is 0 Å². The third-order valence-corrected chi connectivity index (χ3v) is 6.04. The van der Waals surface area contributed by atoms with Gasteiger partial charge in [0.15, 0.2) is 5.82 Å². The monoisotopic (exact) mass is 402 g/mol. The predicted molar refractivity (Wildman–Crippen MR) is 119 cm³/mol. The van der Waals surface area contributed by atoms with Crippen molar-refractivity contribution in [2.24, 2.45) is 5.92 Å². The largest absolute Gasteiger partial charge is 0.339 e. The summed E-state index contributed by atoms with van der Waals surface area (Å²) in [7, 11) is 0. The van der Waals surface area contributed by atoms with E-state index < -0.39 is 0 Å². The summed E-state index contributed by atoms with van der Waals surface area (Å²) in [6, 6.07) is 16.4. The van der Waals surface area contributed by atoms with Crippen molar-refractivity contribution in [3.63, 3.8) is 0 Å². The van der Waals surface area contributed by atoms with Crippen LogP contribution in [0.15, 0.2) is 60.9 Å². The number of likely N-dealkylation sites (tertiary alicyclic amines) is 1. The molecule has 5 heteroatoms. The van der Waals surface area contributed by atoms with Crippen LogP contribution in [0.5, 0.6) is 0 Å². The summed E-state index contributed by atoms with van der Waals surface area (Å²) in [5, 5.41) is 4.51. The lowest BCUT2D eigenvalue weighted by atomic mass is 9.90. The summed E-state index contributed by atoms with van der Waals surface area (Å²) in [5.41, 5.74) is 3.04. The maximum atomic E-state index is 13.3. The lowest BCUT2D eigenvalue weighted by Gasteiger charge is -2.32. The molecule has 0 saturated carbocycles. The molecule has 4 rings (SSSR count). The fourth-order valence-electron chi connectivity index (χ4n) is 4.35. The van der Waals surface area contributed by atoms with Gasteiger partial charge in [-0.05, 0) is 55.2 Å². The summed E-state index contributed by atoms with van der Waals surface area (Å²) in [6.07, 6.45) is 7.93. The summed E-state index contributed by atoms with van der Waals surface area (Å²) in [5.74, 6) is 1.72. The molecule has 1 fully saturated rings. The number of piperidine rings is 1. The number of pyridine rings is 1. The van der Waals surface area contributed by atoms with Crippen LogP contribution in [0.1, 0.15) is 60.6 Å². The van der Waals surface area contributed by atoms with E-state index in [4.69, 9.17) is 0 Å². The maximum absolute atomic E-state index is 13.3. The van der Waals surface area contributed by atoms with Crippen molar-refractivity contribution in [2.75, 3.05) is 13.1 Å². The minimum atomic E-state index is 0.0994. The second-order valence-corrected chi connectivity index (χ2v) is 8.46. The van der Waals surface area contributed by atoms with Gasteiger partial charge >= 0.3 is 0 Å². The molecule has 1 aromatic carbocycles. The fraction of sp³-hybridized carbons (Fsp3) is 0.400. The molecule has 0 spiro atoms. The molecule has 3 heterocycles. The Kier molecular flexibility index (Phi) is 6.26. The minimum absolute atomic E-state index is 0.0994. The number of benzene rings is 1. The standard InChI is InChI=1S/C25H30N4O/c1-19(2)24-22(18-27-29(24)23-10-6-7-15-26-23)25(30)28-16-13-21(14-17-28)12-11-20-8-4-3-5-9-20/h3-10,15,18-19,21H,11-14,16-17H2,1-2H3. The van der Waals surface area contributed by atoms with Gasteiger partial charge < -0.3 is 4.90 Å². The van der Waals surface area contributed by atoms with Crippen LogP contribution in [0.25, 0.3) is 5.82 Å². The molecule has 0 bridgehead atoms. The second kappa shape index (κ2) is 9.24. The first-order valence-corrected chi connectivity index (χ1v) is 11.0. The van der Waals surface area contributed by atoms with E-state index in [0.29, 0.717) is 11.5 Å². The van der Waals surface area contributed by atoms with Crippen LogP contribution in [0, 0.1) is 5.92 Å². The zero-order valence-corrected chi connectivity index (χ0v) is 17.9. The number of hydrogen-bond acceptors (Lipinski definition) is 3. The average molecular weight is 403 g/mol. The van der Waals surface area contributed by atoms with Crippen LogP contribution < -0.4 is 0 Å². The molecule has 3 aromatic rings. The van der Waals surface area contributed by atoms with Gasteiger partial charge in [-0.1, -0.05) is 50.2 Å². The summed E-state index contributed by atoms with van der Waals surface area (Å²) < 4.78 is 1.81. The number of aromatic nitrogens is 3. The number of amides is 1. The first-order valence-electron chi connectivity index (χ1n) is 11.0. The lowest BCUT2D eigenvalue weighted by Crippen LogP contribution is -2.39. The predicted octanol–water partition coefficient (Wildman–Crippen LogP) is 4.88. The van der Waals surface area contributed by atoms with Crippen LogP contribution in [0.2, 0.25) is 0 Å². The molecule has 156 valence electrons. The Balaban J connectivity index is 1.41. The van der Waals surface area contributed by atoms with Crippen LogP contribution >= 0.6 is 0 Å². The van der Waals surface area contributed by atoms with E-state index in [9.17, 15) is 4.79 Å². The van der Waals surface area contributed by atoms with Crippen LogP contribution in [-0.4, -0.2) is 38.7 Å². The highest BCUT2D eigenvalue weighted by Gasteiger charge is 2.28. The maximum Gasteiger partial charge on any atom is 0.257 e. The Morgan fingerprint density at radius 1 is 1.07 bits per heavy atom. The Labute approximate surface area is 178 Å². The second-order valence-electron chi connectivity index (χ2n) is 8.46. The molecule has 0 N–H and O–H groups in total. The number of rotatable bonds is 6. The third kappa shape index (κ3) is 4.45. The van der Waals surface area contributed by atoms with Gasteiger partial charge in [0.25, 0.3) is 5.91 Å². The van der Waals surface area contributed by atoms with Gasteiger partial charge in [-0.15, -0.1) is 0 Å². The number of nitrogens with zero attached hydrogens (tertiary/aromatic N) is 4. The highest BCUT2D eigenvalue weighted by Crippen LogP contribution is 2.27. The molecule has 30 heavy (non-hydrogen) atoms. The van der Waals surface area contributed by atoms with Gasteiger partial charge in [0.05, 0.1) is 17.5 Å². The van der Waals surface area contributed by atoms with E-state index in [-0.39, 0.29) is 11.8 Å². The molecular formula is C25H30N4O. The van der Waals surface area contributed by atoms with E-state index in [0.717, 1.165) is 43.9 Å². The molecule has 1 aliphatic rings. The van der Waals surface area contributed by atoms with Crippen molar-refractivity contribution in [3.05, 3.63) is 77.7 Å². The molecular weight excluding hydrogens is 372 g/mol. The number of aryl methyl sites for hydroxylation is 1. The molecule has 1 amide bonds. The topological polar surface area (TPSA) is 51.0 Å². The molecule has 0 atom stereocenters. The average Bonchev–Trinajstić information content (AvgIpc) is 3.24. The Morgan fingerprint density at radius 2 is 1.80 bits per heavy atom. The minimum Gasteiger partial charge on any atom is -0.339 e. The first kappa shape index (κ1) is 20.3. The van der Waals surface area contributed by atoms with Gasteiger partial charge in [-0.2, -0.15) is 5.10 Å². The quantitative estimate of drug-likeness (QED) is 0.591. The van der Waals surface area contributed by atoms with E-state index in [1.807, 2.05) is 27.8 Å². The molecule has 0 radical (unpaired) electrons. The van der Waals surface area contributed by atoms with Crippen molar-refractivity contribution >= 4 is 5.91 Å². The molecule has 1 saturated heterocycles. The Bertz CT molecular complexity index is 957. The fourth-order valence-corrected chi connectivity index (χ4v) is 4.35. The van der Waals surface area contributed by atoms with Crippen LogP contribution in [0.3, 0.4) is 0 Å². The zero-order chi connectivity index (χ0) is 20.9. The number of hydrogen-bond donors (Lipinski definition) is 0. The molecule has 0 aliphatic carbocycles. The molecule has 1 aliphatic heterocycles. The van der Waals surface area contributed by atoms with Gasteiger partial charge in [-0.25, -0.2) is 9.67 Å². The van der Waals surface area contributed by atoms with Crippen LogP contribution in [0.4, 0.5) is 0 Å². The normalized spacial score (nSPS) is 15.0.